The van der Waals surface area contributed by atoms with Crippen LogP contribution in [0.25, 0.3) is 0 Å². The highest BCUT2D eigenvalue weighted by Crippen LogP contribution is 2.41. The first-order chi connectivity index (χ1) is 15.8. The van der Waals surface area contributed by atoms with E-state index in [0.29, 0.717) is 47.6 Å². The average molecular weight is 450 g/mol. The fourth-order valence-electron chi connectivity index (χ4n) is 3.81. The molecule has 1 aliphatic heterocycles. The van der Waals surface area contributed by atoms with Crippen LogP contribution in [0.2, 0.25) is 0 Å². The Morgan fingerprint density at radius 2 is 2.00 bits per heavy atom. The monoisotopic (exact) mass is 450 g/mol. The molecule has 1 aliphatic rings. The van der Waals surface area contributed by atoms with E-state index in [4.69, 9.17) is 0 Å². The summed E-state index contributed by atoms with van der Waals surface area (Å²) < 4.78 is 30.3. The van der Waals surface area contributed by atoms with E-state index in [9.17, 15) is 13.6 Å². The number of nitrogens with zero attached hydrogens (tertiary/aromatic N) is 4. The zero-order valence-electron chi connectivity index (χ0n) is 18.7. The third-order valence-corrected chi connectivity index (χ3v) is 5.56. The van der Waals surface area contributed by atoms with Gasteiger partial charge >= 0.3 is 0 Å². The van der Waals surface area contributed by atoms with Crippen molar-refractivity contribution in [3.05, 3.63) is 64.1 Å². The van der Waals surface area contributed by atoms with E-state index in [2.05, 4.69) is 37.5 Å². The van der Waals surface area contributed by atoms with Crippen LogP contribution in [0.1, 0.15) is 58.1 Å². The first-order valence-corrected chi connectivity index (χ1v) is 10.7. The highest BCUT2D eigenvalue weighted by Gasteiger charge is 2.41. The van der Waals surface area contributed by atoms with Crippen molar-refractivity contribution in [1.29, 1.82) is 0 Å². The number of hydrogen-bond acceptors (Lipinski definition) is 5. The quantitative estimate of drug-likeness (QED) is 0.584. The molecule has 0 atom stereocenters. The lowest BCUT2D eigenvalue weighted by molar-refractivity contribution is -0.0372. The number of nitrogens with one attached hydrogen (secondary N) is 2. The highest BCUT2D eigenvalue weighted by molar-refractivity contribution is 6.04. The number of alkyl halides is 2. The van der Waals surface area contributed by atoms with Gasteiger partial charge < -0.3 is 10.6 Å². The van der Waals surface area contributed by atoms with E-state index >= 15 is 0 Å². The molecule has 33 heavy (non-hydrogen) atoms. The summed E-state index contributed by atoms with van der Waals surface area (Å²) in [6.07, 6.45) is 3.71. The Balaban J connectivity index is 1.59. The van der Waals surface area contributed by atoms with Crippen molar-refractivity contribution < 1.29 is 13.6 Å². The van der Waals surface area contributed by atoms with Gasteiger partial charge in [0.05, 0.1) is 5.56 Å². The SMILES string of the molecule is CCc1c(NC(=O)c2ccc(C)c(C#Cc3cnc(NC)nc3)c2)nn2c1C(F)(F)CCC2. The van der Waals surface area contributed by atoms with E-state index in [1.807, 2.05) is 6.92 Å². The summed E-state index contributed by atoms with van der Waals surface area (Å²) in [6, 6.07) is 5.15. The zero-order chi connectivity index (χ0) is 23.6. The summed E-state index contributed by atoms with van der Waals surface area (Å²) in [5.41, 5.74) is 2.87. The van der Waals surface area contributed by atoms with Crippen LogP contribution in [0.5, 0.6) is 0 Å². The van der Waals surface area contributed by atoms with E-state index in [0.717, 1.165) is 5.56 Å². The highest BCUT2D eigenvalue weighted by atomic mass is 19.3. The van der Waals surface area contributed by atoms with Gasteiger partial charge in [-0.15, -0.1) is 0 Å². The Kier molecular flexibility index (Phi) is 6.09. The van der Waals surface area contributed by atoms with Gasteiger partial charge in [0.1, 0.15) is 5.69 Å². The van der Waals surface area contributed by atoms with Crippen LogP contribution < -0.4 is 10.6 Å². The molecule has 7 nitrogen and oxygen atoms in total. The summed E-state index contributed by atoms with van der Waals surface area (Å²) in [5, 5.41) is 9.84. The van der Waals surface area contributed by atoms with Crippen molar-refractivity contribution >= 4 is 17.7 Å². The number of aryl methyl sites for hydroxylation is 2. The van der Waals surface area contributed by atoms with Crippen molar-refractivity contribution in [2.24, 2.45) is 0 Å². The second-order valence-corrected chi connectivity index (χ2v) is 7.84. The molecule has 0 bridgehead atoms. The standard InChI is InChI=1S/C24H24F2N6O/c1-4-19-20-24(25,26)10-5-11-32(20)31-21(19)30-22(33)18-8-6-15(2)17(12-18)9-7-16-13-28-23(27-3)29-14-16/h6,8,12-14H,4-5,10-11H2,1-3H3,(H,27,28,29)(H,30,31,33). The summed E-state index contributed by atoms with van der Waals surface area (Å²) in [6.45, 7) is 4.09. The van der Waals surface area contributed by atoms with Gasteiger partial charge in [0, 0.05) is 49.1 Å². The minimum Gasteiger partial charge on any atom is -0.357 e. The minimum atomic E-state index is -2.94. The van der Waals surface area contributed by atoms with Crippen molar-refractivity contribution in [2.75, 3.05) is 17.7 Å². The predicted molar refractivity (Wildman–Crippen MR) is 121 cm³/mol. The molecule has 0 spiro atoms. The lowest BCUT2D eigenvalue weighted by Crippen LogP contribution is -2.26. The van der Waals surface area contributed by atoms with Gasteiger partial charge in [0.15, 0.2) is 5.82 Å². The molecule has 3 aromatic rings. The van der Waals surface area contributed by atoms with Crippen LogP contribution in [0.15, 0.2) is 30.6 Å². The van der Waals surface area contributed by atoms with Crippen LogP contribution in [0, 0.1) is 18.8 Å². The molecule has 4 rings (SSSR count). The van der Waals surface area contributed by atoms with Gasteiger partial charge in [-0.25, -0.2) is 9.97 Å². The van der Waals surface area contributed by atoms with E-state index < -0.39 is 11.8 Å². The molecule has 0 radical (unpaired) electrons. The number of fused-ring (bicyclic) bond motifs is 1. The zero-order valence-corrected chi connectivity index (χ0v) is 18.7. The fourth-order valence-corrected chi connectivity index (χ4v) is 3.81. The first kappa shape index (κ1) is 22.4. The number of aromatic nitrogens is 4. The van der Waals surface area contributed by atoms with Gasteiger partial charge in [-0.1, -0.05) is 24.8 Å². The summed E-state index contributed by atoms with van der Waals surface area (Å²) in [4.78, 5) is 21.2. The third-order valence-electron chi connectivity index (χ3n) is 5.56. The molecule has 0 unspecified atom stereocenters. The summed E-state index contributed by atoms with van der Waals surface area (Å²) in [5.74, 6) is 3.37. The Labute approximate surface area is 190 Å². The molecule has 2 N–H and O–H groups in total. The number of halogens is 2. The van der Waals surface area contributed by atoms with Gasteiger partial charge in [0.2, 0.25) is 5.95 Å². The molecule has 170 valence electrons. The number of carbonyl (C=O) groups is 1. The minimum absolute atomic E-state index is 0.0893. The first-order valence-electron chi connectivity index (χ1n) is 10.7. The average Bonchev–Trinajstić information content (AvgIpc) is 3.17. The molecule has 3 heterocycles. The lowest BCUT2D eigenvalue weighted by Gasteiger charge is -2.24. The molecule has 0 aliphatic carbocycles. The normalized spacial score (nSPS) is 14.1. The maximum Gasteiger partial charge on any atom is 0.289 e. The number of benzene rings is 1. The Morgan fingerprint density at radius 1 is 1.24 bits per heavy atom. The summed E-state index contributed by atoms with van der Waals surface area (Å²) >= 11 is 0. The summed E-state index contributed by atoms with van der Waals surface area (Å²) in [7, 11) is 1.73. The molecule has 0 saturated heterocycles. The van der Waals surface area contributed by atoms with Gasteiger partial charge in [-0.2, -0.15) is 13.9 Å². The Bertz CT molecular complexity index is 1250. The molecule has 1 amide bonds. The number of carbonyl (C=O) groups excluding carboxylic acids is 1. The second kappa shape index (κ2) is 8.98. The van der Waals surface area contributed by atoms with Crippen molar-refractivity contribution in [3.8, 4) is 11.8 Å². The maximum atomic E-state index is 14.5. The molecular formula is C24H24F2N6O. The molecular weight excluding hydrogens is 426 g/mol. The molecule has 0 saturated carbocycles. The molecule has 9 heteroatoms. The van der Waals surface area contributed by atoms with E-state index in [1.54, 1.807) is 44.6 Å². The van der Waals surface area contributed by atoms with Crippen LogP contribution in [0.4, 0.5) is 20.5 Å². The largest absolute Gasteiger partial charge is 0.357 e. The van der Waals surface area contributed by atoms with Crippen molar-refractivity contribution in [3.63, 3.8) is 0 Å². The number of hydrogen-bond donors (Lipinski definition) is 2. The topological polar surface area (TPSA) is 84.7 Å². The second-order valence-electron chi connectivity index (χ2n) is 7.84. The maximum absolute atomic E-state index is 14.5. The van der Waals surface area contributed by atoms with Crippen LogP contribution in [0.3, 0.4) is 0 Å². The molecule has 0 fully saturated rings. The van der Waals surface area contributed by atoms with Gasteiger partial charge in [-0.3, -0.25) is 9.48 Å². The number of amides is 1. The smallest absolute Gasteiger partial charge is 0.289 e. The molecule has 1 aromatic carbocycles. The van der Waals surface area contributed by atoms with Crippen LogP contribution >= 0.6 is 0 Å². The van der Waals surface area contributed by atoms with Crippen LogP contribution in [-0.2, 0) is 18.9 Å². The van der Waals surface area contributed by atoms with E-state index in [1.165, 1.54) is 4.68 Å². The van der Waals surface area contributed by atoms with Crippen LogP contribution in [-0.4, -0.2) is 32.7 Å². The van der Waals surface area contributed by atoms with Gasteiger partial charge in [0.25, 0.3) is 11.8 Å². The molecule has 2 aromatic heterocycles. The van der Waals surface area contributed by atoms with E-state index in [-0.39, 0.29) is 17.9 Å². The number of rotatable bonds is 4. The predicted octanol–water partition coefficient (Wildman–Crippen LogP) is 4.12. The lowest BCUT2D eigenvalue weighted by atomic mass is 10.0. The van der Waals surface area contributed by atoms with Gasteiger partial charge in [-0.05, 0) is 37.5 Å². The third kappa shape index (κ3) is 4.55. The fraction of sp³-hybridized carbons (Fsp3) is 0.333. The van der Waals surface area contributed by atoms with Crippen molar-refractivity contribution in [2.45, 2.75) is 45.6 Å². The Morgan fingerprint density at radius 3 is 2.70 bits per heavy atom. The Hall–Kier alpha value is -3.80. The van der Waals surface area contributed by atoms with Crippen molar-refractivity contribution in [1.82, 2.24) is 19.7 Å². The number of anilines is 2.